The number of esters is 1. The fourth-order valence-corrected chi connectivity index (χ4v) is 2.75. The molecule has 0 unspecified atom stereocenters. The number of nitrogens with zero attached hydrogens (tertiary/aromatic N) is 1. The highest BCUT2D eigenvalue weighted by molar-refractivity contribution is 5.71. The van der Waals surface area contributed by atoms with E-state index < -0.39 is 0 Å². The molecule has 0 saturated heterocycles. The molecule has 110 valence electrons. The van der Waals surface area contributed by atoms with Crippen LogP contribution in [-0.2, 0) is 28.9 Å². The molecule has 0 amide bonds. The molecule has 0 fully saturated rings. The minimum atomic E-state index is -0.137. The van der Waals surface area contributed by atoms with Gasteiger partial charge in [0, 0.05) is 12.6 Å². The van der Waals surface area contributed by atoms with Crippen LogP contribution in [0.25, 0.3) is 0 Å². The van der Waals surface area contributed by atoms with E-state index in [9.17, 15) is 4.79 Å². The van der Waals surface area contributed by atoms with Gasteiger partial charge in [-0.2, -0.15) is 0 Å². The molecule has 0 radical (unpaired) electrons. The van der Waals surface area contributed by atoms with Crippen molar-refractivity contribution in [3.8, 4) is 0 Å². The van der Waals surface area contributed by atoms with E-state index in [4.69, 9.17) is 4.74 Å². The van der Waals surface area contributed by atoms with Crippen LogP contribution in [0.3, 0.4) is 0 Å². The predicted octanol–water partition coefficient (Wildman–Crippen LogP) is 2.95. The maximum Gasteiger partial charge on any atom is 0.320 e. The summed E-state index contributed by atoms with van der Waals surface area (Å²) < 4.78 is 5.05. The van der Waals surface area contributed by atoms with Gasteiger partial charge in [0.05, 0.1) is 13.2 Å². The number of rotatable bonds is 6. The van der Waals surface area contributed by atoms with Crippen molar-refractivity contribution in [2.75, 3.05) is 13.2 Å². The molecule has 3 heteroatoms. The average Bonchev–Trinajstić information content (AvgIpc) is 2.85. The third-order valence-electron chi connectivity index (χ3n) is 3.92. The first-order chi connectivity index (χ1) is 9.60. The molecule has 20 heavy (non-hydrogen) atoms. The van der Waals surface area contributed by atoms with Crippen LogP contribution in [0.1, 0.15) is 43.9 Å². The Balaban J connectivity index is 2.02. The van der Waals surface area contributed by atoms with Gasteiger partial charge in [-0.05, 0) is 56.7 Å². The van der Waals surface area contributed by atoms with E-state index in [1.54, 1.807) is 0 Å². The summed E-state index contributed by atoms with van der Waals surface area (Å²) in [6.45, 7) is 7.70. The molecule has 0 heterocycles. The molecule has 0 spiro atoms. The number of hydrogen-bond donors (Lipinski definition) is 0. The predicted molar refractivity (Wildman–Crippen MR) is 80.6 cm³/mol. The Bertz CT molecular complexity index is 468. The van der Waals surface area contributed by atoms with Crippen molar-refractivity contribution in [1.29, 1.82) is 0 Å². The molecule has 0 atom stereocenters. The van der Waals surface area contributed by atoms with Crippen molar-refractivity contribution in [3.05, 3.63) is 34.9 Å². The van der Waals surface area contributed by atoms with Crippen molar-refractivity contribution in [3.63, 3.8) is 0 Å². The zero-order valence-electron chi connectivity index (χ0n) is 12.8. The first-order valence-electron chi connectivity index (χ1n) is 7.60. The van der Waals surface area contributed by atoms with Gasteiger partial charge in [-0.15, -0.1) is 0 Å². The lowest BCUT2D eigenvalue weighted by molar-refractivity contribution is -0.145. The molecule has 1 aliphatic rings. The second-order valence-electron chi connectivity index (χ2n) is 5.76. The van der Waals surface area contributed by atoms with Crippen LogP contribution in [0.2, 0.25) is 0 Å². The Morgan fingerprint density at radius 2 is 2.05 bits per heavy atom. The summed E-state index contributed by atoms with van der Waals surface area (Å²) in [5.74, 6) is -0.137. The van der Waals surface area contributed by atoms with Crippen LogP contribution in [0.5, 0.6) is 0 Å². The van der Waals surface area contributed by atoms with Crippen LogP contribution in [-0.4, -0.2) is 30.1 Å². The topological polar surface area (TPSA) is 29.5 Å². The lowest BCUT2D eigenvalue weighted by Gasteiger charge is -2.25. The highest BCUT2D eigenvalue weighted by Gasteiger charge is 2.17. The van der Waals surface area contributed by atoms with Gasteiger partial charge in [0.2, 0.25) is 0 Å². The van der Waals surface area contributed by atoms with Gasteiger partial charge >= 0.3 is 5.97 Å². The number of fused-ring (bicyclic) bond motifs is 1. The normalized spacial score (nSPS) is 13.8. The smallest absolute Gasteiger partial charge is 0.320 e. The minimum absolute atomic E-state index is 0.137. The van der Waals surface area contributed by atoms with Crippen molar-refractivity contribution >= 4 is 5.97 Å². The monoisotopic (exact) mass is 275 g/mol. The summed E-state index contributed by atoms with van der Waals surface area (Å²) >= 11 is 0. The maximum absolute atomic E-state index is 11.7. The van der Waals surface area contributed by atoms with Crippen LogP contribution in [0.15, 0.2) is 18.2 Å². The maximum atomic E-state index is 11.7. The fraction of sp³-hybridized carbons (Fsp3) is 0.588. The summed E-state index contributed by atoms with van der Waals surface area (Å²) in [4.78, 5) is 13.8. The molecule has 0 saturated carbocycles. The first-order valence-corrected chi connectivity index (χ1v) is 7.60. The lowest BCUT2D eigenvalue weighted by Crippen LogP contribution is -2.36. The highest BCUT2D eigenvalue weighted by atomic mass is 16.5. The van der Waals surface area contributed by atoms with Crippen molar-refractivity contribution in [2.45, 2.75) is 52.6 Å². The molecule has 0 aliphatic heterocycles. The van der Waals surface area contributed by atoms with Gasteiger partial charge in [-0.3, -0.25) is 9.69 Å². The van der Waals surface area contributed by atoms with E-state index in [1.165, 1.54) is 36.0 Å². The number of benzene rings is 1. The van der Waals surface area contributed by atoms with Gasteiger partial charge in [0.15, 0.2) is 0 Å². The fourth-order valence-electron chi connectivity index (χ4n) is 2.75. The third-order valence-corrected chi connectivity index (χ3v) is 3.92. The van der Waals surface area contributed by atoms with Crippen molar-refractivity contribution < 1.29 is 9.53 Å². The zero-order valence-corrected chi connectivity index (χ0v) is 12.8. The van der Waals surface area contributed by atoms with Crippen molar-refractivity contribution in [1.82, 2.24) is 4.90 Å². The number of carbonyl (C=O) groups excluding carboxylic acids is 1. The summed E-state index contributed by atoms with van der Waals surface area (Å²) in [5, 5.41) is 0. The van der Waals surface area contributed by atoms with Crippen LogP contribution in [0.4, 0.5) is 0 Å². The Morgan fingerprint density at radius 1 is 1.30 bits per heavy atom. The van der Waals surface area contributed by atoms with Gasteiger partial charge in [-0.1, -0.05) is 18.2 Å². The quantitative estimate of drug-likeness (QED) is 0.748. The second-order valence-corrected chi connectivity index (χ2v) is 5.76. The van der Waals surface area contributed by atoms with E-state index in [-0.39, 0.29) is 5.97 Å². The SMILES string of the molecule is CCOC(=O)CN(Cc1ccc2c(c1)CCC2)C(C)C. The van der Waals surface area contributed by atoms with Crippen LogP contribution in [0, 0.1) is 0 Å². The van der Waals surface area contributed by atoms with Gasteiger partial charge < -0.3 is 4.74 Å². The summed E-state index contributed by atoms with van der Waals surface area (Å²) in [6, 6.07) is 7.08. The second kappa shape index (κ2) is 6.89. The molecule has 2 rings (SSSR count). The van der Waals surface area contributed by atoms with E-state index in [0.29, 0.717) is 19.2 Å². The number of carbonyl (C=O) groups is 1. The van der Waals surface area contributed by atoms with Crippen LogP contribution < -0.4 is 0 Å². The standard InChI is InChI=1S/C17H25NO2/c1-4-20-17(19)12-18(13(2)3)11-14-8-9-15-6-5-7-16(15)10-14/h8-10,13H,4-7,11-12H2,1-3H3. The molecule has 1 aromatic rings. The third kappa shape index (κ3) is 3.83. The van der Waals surface area contributed by atoms with E-state index in [0.717, 1.165) is 6.54 Å². The van der Waals surface area contributed by atoms with Crippen molar-refractivity contribution in [2.24, 2.45) is 0 Å². The van der Waals surface area contributed by atoms with E-state index >= 15 is 0 Å². The molecule has 1 aliphatic carbocycles. The number of hydrogen-bond acceptors (Lipinski definition) is 3. The summed E-state index contributed by atoms with van der Waals surface area (Å²) in [7, 11) is 0. The molecular formula is C17H25NO2. The van der Waals surface area contributed by atoms with Gasteiger partial charge in [0.25, 0.3) is 0 Å². The number of ether oxygens (including phenoxy) is 1. The van der Waals surface area contributed by atoms with Crippen LogP contribution >= 0.6 is 0 Å². The summed E-state index contributed by atoms with van der Waals surface area (Å²) in [5.41, 5.74) is 4.28. The average molecular weight is 275 g/mol. The largest absolute Gasteiger partial charge is 0.465 e. The highest BCUT2D eigenvalue weighted by Crippen LogP contribution is 2.23. The number of aryl methyl sites for hydroxylation is 2. The minimum Gasteiger partial charge on any atom is -0.465 e. The lowest BCUT2D eigenvalue weighted by atomic mass is 10.1. The molecule has 0 N–H and O–H groups in total. The Hall–Kier alpha value is -1.35. The van der Waals surface area contributed by atoms with Gasteiger partial charge in [-0.25, -0.2) is 0 Å². The Labute approximate surface area is 121 Å². The molecule has 0 bridgehead atoms. The summed E-state index contributed by atoms with van der Waals surface area (Å²) in [6.07, 6.45) is 3.69. The molecule has 0 aromatic heterocycles. The zero-order chi connectivity index (χ0) is 14.5. The Kier molecular flexibility index (Phi) is 5.18. The Morgan fingerprint density at radius 3 is 2.75 bits per heavy atom. The molecular weight excluding hydrogens is 250 g/mol. The van der Waals surface area contributed by atoms with Gasteiger partial charge in [0.1, 0.15) is 0 Å². The molecule has 3 nitrogen and oxygen atoms in total. The molecule has 1 aromatic carbocycles. The first kappa shape index (κ1) is 15.0. The van der Waals surface area contributed by atoms with E-state index in [1.807, 2.05) is 6.92 Å². The van der Waals surface area contributed by atoms with E-state index in [2.05, 4.69) is 36.9 Å².